The second kappa shape index (κ2) is 8.96. The molecule has 0 aromatic heterocycles. The number of benzene rings is 7. The van der Waals surface area contributed by atoms with Crippen LogP contribution in [0.25, 0.3) is 44.4 Å². The van der Waals surface area contributed by atoms with Crippen molar-refractivity contribution in [2.24, 2.45) is 0 Å². The number of nitrogens with zero attached hydrogens (tertiary/aromatic N) is 1. The van der Waals surface area contributed by atoms with Crippen LogP contribution in [0.2, 0.25) is 0 Å². The van der Waals surface area contributed by atoms with E-state index in [9.17, 15) is 0 Å². The summed E-state index contributed by atoms with van der Waals surface area (Å²) in [6.07, 6.45) is 0. The van der Waals surface area contributed by atoms with Crippen molar-refractivity contribution in [3.05, 3.63) is 151 Å². The SMILES string of the molecule is [2H]/C(=C(/[2H])c1ccc2ccc3cccc4ccc1c2c34)c1ccc(N(c2ccccc2)c2ccccc2)cc1. The molecule has 0 saturated heterocycles. The summed E-state index contributed by atoms with van der Waals surface area (Å²) in [6, 6.07) is 47.9. The average Bonchev–Trinajstić information content (AvgIpc) is 3.01. The van der Waals surface area contributed by atoms with Crippen LogP contribution in [0, 0.1) is 0 Å². The van der Waals surface area contributed by atoms with Gasteiger partial charge in [0.05, 0.1) is 2.74 Å². The molecular weight excluding hydrogens is 446 g/mol. The summed E-state index contributed by atoms with van der Waals surface area (Å²) in [5.41, 5.74) is 4.62. The zero-order valence-corrected chi connectivity index (χ0v) is 20.2. The van der Waals surface area contributed by atoms with Crippen molar-refractivity contribution in [3.8, 4) is 0 Å². The lowest BCUT2D eigenvalue weighted by molar-refractivity contribution is 1.28. The summed E-state index contributed by atoms with van der Waals surface area (Å²) in [7, 11) is 0. The van der Waals surface area contributed by atoms with Gasteiger partial charge < -0.3 is 4.90 Å². The second-order valence-electron chi connectivity index (χ2n) is 9.27. The molecule has 0 spiro atoms. The molecule has 7 aromatic carbocycles. The molecule has 0 aliphatic carbocycles. The van der Waals surface area contributed by atoms with Crippen LogP contribution in [-0.2, 0) is 0 Å². The lowest BCUT2D eigenvalue weighted by Gasteiger charge is -2.25. The van der Waals surface area contributed by atoms with Gasteiger partial charge in [-0.15, -0.1) is 0 Å². The van der Waals surface area contributed by atoms with Crippen LogP contribution < -0.4 is 4.90 Å². The molecular formula is C36H25N. The van der Waals surface area contributed by atoms with Crippen LogP contribution in [-0.4, -0.2) is 0 Å². The van der Waals surface area contributed by atoms with E-state index >= 15 is 0 Å². The summed E-state index contributed by atoms with van der Waals surface area (Å²) in [4.78, 5) is 2.19. The predicted molar refractivity (Wildman–Crippen MR) is 160 cm³/mol. The van der Waals surface area contributed by atoms with Gasteiger partial charge in [-0.05, 0) is 79.8 Å². The first-order chi connectivity index (χ1) is 19.2. The normalized spacial score (nSPS) is 13.0. The molecule has 0 atom stereocenters. The summed E-state index contributed by atoms with van der Waals surface area (Å²) in [5, 5.41) is 6.95. The van der Waals surface area contributed by atoms with Gasteiger partial charge >= 0.3 is 0 Å². The van der Waals surface area contributed by atoms with E-state index in [-0.39, 0.29) is 12.1 Å². The van der Waals surface area contributed by atoms with Gasteiger partial charge in [0, 0.05) is 17.1 Å². The molecule has 0 aliphatic rings. The lowest BCUT2D eigenvalue weighted by atomic mass is 9.92. The fraction of sp³-hybridized carbons (Fsp3) is 0. The Balaban J connectivity index is 1.32. The van der Waals surface area contributed by atoms with Crippen molar-refractivity contribution >= 4 is 61.5 Å². The van der Waals surface area contributed by atoms with E-state index < -0.39 is 0 Å². The maximum Gasteiger partial charge on any atom is 0.0629 e. The molecule has 0 N–H and O–H groups in total. The van der Waals surface area contributed by atoms with E-state index in [0.29, 0.717) is 0 Å². The molecule has 7 rings (SSSR count). The fourth-order valence-corrected chi connectivity index (χ4v) is 5.28. The first-order valence-corrected chi connectivity index (χ1v) is 12.5. The quantitative estimate of drug-likeness (QED) is 0.177. The van der Waals surface area contributed by atoms with E-state index in [1.807, 2.05) is 66.7 Å². The number of hydrogen-bond acceptors (Lipinski definition) is 1. The Hall–Kier alpha value is -4.88. The minimum absolute atomic E-state index is 0.211. The Bertz CT molecular complexity index is 1900. The smallest absolute Gasteiger partial charge is 0.0629 e. The first-order valence-electron chi connectivity index (χ1n) is 13.5. The van der Waals surface area contributed by atoms with Gasteiger partial charge in [-0.1, -0.05) is 115 Å². The van der Waals surface area contributed by atoms with Crippen molar-refractivity contribution in [1.29, 1.82) is 0 Å². The molecule has 0 aliphatic heterocycles. The van der Waals surface area contributed by atoms with Crippen molar-refractivity contribution < 1.29 is 2.74 Å². The third-order valence-electron chi connectivity index (χ3n) is 7.02. The van der Waals surface area contributed by atoms with Gasteiger partial charge in [0.2, 0.25) is 0 Å². The summed E-state index contributed by atoms with van der Waals surface area (Å²) < 4.78 is 18.0. The largest absolute Gasteiger partial charge is 0.311 e. The highest BCUT2D eigenvalue weighted by molar-refractivity contribution is 6.24. The highest BCUT2D eigenvalue weighted by Crippen LogP contribution is 2.37. The minimum Gasteiger partial charge on any atom is -0.311 e. The maximum atomic E-state index is 9.06. The van der Waals surface area contributed by atoms with E-state index in [4.69, 9.17) is 2.74 Å². The first kappa shape index (κ1) is 19.3. The monoisotopic (exact) mass is 473 g/mol. The lowest BCUT2D eigenvalue weighted by Crippen LogP contribution is -2.09. The molecule has 0 bridgehead atoms. The molecule has 37 heavy (non-hydrogen) atoms. The van der Waals surface area contributed by atoms with E-state index in [2.05, 4.69) is 77.7 Å². The Morgan fingerprint density at radius 2 is 0.973 bits per heavy atom. The Labute approximate surface area is 219 Å². The van der Waals surface area contributed by atoms with Gasteiger partial charge in [0.25, 0.3) is 0 Å². The fourth-order valence-electron chi connectivity index (χ4n) is 5.28. The van der Waals surface area contributed by atoms with Crippen molar-refractivity contribution in [2.75, 3.05) is 4.90 Å². The summed E-state index contributed by atoms with van der Waals surface area (Å²) in [6.45, 7) is 0. The molecule has 174 valence electrons. The highest BCUT2D eigenvalue weighted by atomic mass is 15.1. The van der Waals surface area contributed by atoms with Crippen LogP contribution in [0.4, 0.5) is 17.1 Å². The van der Waals surface area contributed by atoms with Crippen LogP contribution >= 0.6 is 0 Å². The summed E-state index contributed by atoms with van der Waals surface area (Å²) >= 11 is 0. The topological polar surface area (TPSA) is 3.24 Å². The molecule has 1 nitrogen and oxygen atoms in total. The highest BCUT2D eigenvalue weighted by Gasteiger charge is 2.12. The van der Waals surface area contributed by atoms with E-state index in [0.717, 1.165) is 44.3 Å². The molecule has 0 heterocycles. The van der Waals surface area contributed by atoms with Crippen molar-refractivity contribution in [2.45, 2.75) is 0 Å². The van der Waals surface area contributed by atoms with Gasteiger partial charge in [-0.3, -0.25) is 0 Å². The van der Waals surface area contributed by atoms with Crippen LogP contribution in [0.15, 0.2) is 140 Å². The molecule has 0 radical (unpaired) electrons. The number of hydrogen-bond donors (Lipinski definition) is 0. The van der Waals surface area contributed by atoms with Crippen molar-refractivity contribution in [3.63, 3.8) is 0 Å². The van der Waals surface area contributed by atoms with Gasteiger partial charge in [0.1, 0.15) is 0 Å². The average molecular weight is 474 g/mol. The molecule has 0 saturated carbocycles. The van der Waals surface area contributed by atoms with Crippen LogP contribution in [0.5, 0.6) is 0 Å². The van der Waals surface area contributed by atoms with Crippen LogP contribution in [0.1, 0.15) is 13.9 Å². The summed E-state index contributed by atoms with van der Waals surface area (Å²) in [5.74, 6) is 0. The Kier molecular flexibility index (Phi) is 4.68. The van der Waals surface area contributed by atoms with E-state index in [1.165, 1.54) is 16.2 Å². The third-order valence-corrected chi connectivity index (χ3v) is 7.02. The van der Waals surface area contributed by atoms with E-state index in [1.54, 1.807) is 0 Å². The van der Waals surface area contributed by atoms with Gasteiger partial charge in [-0.25, -0.2) is 0 Å². The van der Waals surface area contributed by atoms with Gasteiger partial charge in [0.15, 0.2) is 0 Å². The number of para-hydroxylation sites is 2. The zero-order chi connectivity index (χ0) is 26.3. The van der Waals surface area contributed by atoms with Crippen molar-refractivity contribution in [1.82, 2.24) is 0 Å². The standard InChI is InChI=1S/C36H25N/c1-3-10-31(11-4-1)37(32-12-5-2-6-13-32)33-23-15-26(16-24-33)14-17-27-18-19-30-21-20-28-8-7-9-29-22-25-34(27)36(30)35(28)29/h1-25H/b17-14+/i14D,17D. The number of anilines is 3. The molecule has 0 unspecified atom stereocenters. The minimum atomic E-state index is 0.211. The Morgan fingerprint density at radius 1 is 0.432 bits per heavy atom. The molecule has 0 amide bonds. The second-order valence-corrected chi connectivity index (χ2v) is 9.27. The van der Waals surface area contributed by atoms with Gasteiger partial charge in [-0.2, -0.15) is 0 Å². The molecule has 1 heteroatoms. The molecule has 0 fully saturated rings. The van der Waals surface area contributed by atoms with Crippen LogP contribution in [0.3, 0.4) is 0 Å². The zero-order valence-electron chi connectivity index (χ0n) is 22.2. The maximum absolute atomic E-state index is 9.06. The predicted octanol–water partition coefficient (Wildman–Crippen LogP) is 10.2. The number of rotatable bonds is 5. The molecule has 7 aromatic rings. The third kappa shape index (κ3) is 3.82. The Morgan fingerprint density at radius 3 is 1.62 bits per heavy atom.